The van der Waals surface area contributed by atoms with Crippen LogP contribution >= 0.6 is 23.5 Å². The predicted octanol–water partition coefficient (Wildman–Crippen LogP) is 4.46. The van der Waals surface area contributed by atoms with Gasteiger partial charge >= 0.3 is 0 Å². The molecule has 32 heavy (non-hydrogen) atoms. The van der Waals surface area contributed by atoms with E-state index in [2.05, 4.69) is 56.0 Å². The molecule has 0 unspecified atom stereocenters. The molecule has 172 valence electrons. The fourth-order valence-corrected chi connectivity index (χ4v) is 4.71. The van der Waals surface area contributed by atoms with Gasteiger partial charge in [-0.25, -0.2) is 0 Å². The lowest BCUT2D eigenvalue weighted by atomic mass is 10.1. The number of likely N-dealkylation sites (N-methyl/N-ethyl adjacent to an activating group) is 1. The first-order valence-electron chi connectivity index (χ1n) is 11.3. The van der Waals surface area contributed by atoms with Crippen LogP contribution in [-0.4, -0.2) is 72.9 Å². The Morgan fingerprint density at radius 1 is 1.09 bits per heavy atom. The first-order valence-corrected chi connectivity index (χ1v) is 12.5. The van der Waals surface area contributed by atoms with E-state index in [1.807, 2.05) is 18.2 Å². The molecule has 0 bridgehead atoms. The van der Waals surface area contributed by atoms with Gasteiger partial charge in [-0.1, -0.05) is 11.6 Å². The van der Waals surface area contributed by atoms with Crippen molar-refractivity contribution in [3.63, 3.8) is 0 Å². The van der Waals surface area contributed by atoms with Crippen LogP contribution in [0.2, 0.25) is 5.02 Å². The van der Waals surface area contributed by atoms with Gasteiger partial charge in [-0.05, 0) is 80.7 Å². The molecule has 1 fully saturated rings. The van der Waals surface area contributed by atoms with Crippen LogP contribution in [-0.2, 0) is 6.42 Å². The third-order valence-electron chi connectivity index (χ3n) is 5.80. The van der Waals surface area contributed by atoms with Gasteiger partial charge in [0.2, 0.25) is 0 Å². The largest absolute Gasteiger partial charge is 0.494 e. The van der Waals surface area contributed by atoms with Gasteiger partial charge in [0.05, 0.1) is 12.1 Å². The van der Waals surface area contributed by atoms with Crippen LogP contribution in [0.4, 0.5) is 0 Å². The molecule has 1 saturated heterocycles. The molecule has 8 heteroatoms. The number of hydrogen-bond donors (Lipinski definition) is 2. The highest BCUT2D eigenvalue weighted by atomic mass is 35.5. The fourth-order valence-electron chi connectivity index (χ4n) is 3.85. The van der Waals surface area contributed by atoms with Crippen LogP contribution in [0.1, 0.15) is 18.5 Å². The lowest BCUT2D eigenvalue weighted by Gasteiger charge is -2.32. The van der Waals surface area contributed by atoms with Gasteiger partial charge < -0.3 is 14.5 Å². The zero-order valence-corrected chi connectivity index (χ0v) is 20.2. The highest BCUT2D eigenvalue weighted by molar-refractivity contribution is 7.97. The second-order valence-electron chi connectivity index (χ2n) is 8.28. The second kappa shape index (κ2) is 11.9. The van der Waals surface area contributed by atoms with Gasteiger partial charge in [0.25, 0.3) is 0 Å². The number of aryl methyl sites for hydroxylation is 1. The summed E-state index contributed by atoms with van der Waals surface area (Å²) >= 11 is 7.77. The molecular formula is C24H32ClN5OS. The molecule has 0 aliphatic carbocycles. The third-order valence-corrected chi connectivity index (χ3v) is 6.89. The molecule has 0 radical (unpaired) electrons. The van der Waals surface area contributed by atoms with Crippen molar-refractivity contribution in [1.82, 2.24) is 24.7 Å². The number of rotatable bonds is 11. The van der Waals surface area contributed by atoms with E-state index in [1.54, 1.807) is 11.9 Å². The summed E-state index contributed by atoms with van der Waals surface area (Å²) in [6.45, 7) is 7.48. The van der Waals surface area contributed by atoms with Crippen molar-refractivity contribution in [3.8, 4) is 5.75 Å². The molecule has 0 atom stereocenters. The van der Waals surface area contributed by atoms with Crippen LogP contribution < -0.4 is 9.46 Å². The average Bonchev–Trinajstić information content (AvgIpc) is 3.20. The lowest BCUT2D eigenvalue weighted by Crippen LogP contribution is -2.44. The maximum absolute atomic E-state index is 6.11. The van der Waals surface area contributed by atoms with Crippen LogP contribution in [0, 0.1) is 0 Å². The quantitative estimate of drug-likeness (QED) is 0.316. The minimum atomic E-state index is 0.747. The van der Waals surface area contributed by atoms with E-state index in [9.17, 15) is 0 Å². The first kappa shape index (κ1) is 23.4. The first-order chi connectivity index (χ1) is 15.7. The molecule has 6 nitrogen and oxygen atoms in total. The summed E-state index contributed by atoms with van der Waals surface area (Å²) in [6.07, 6.45) is 3.02. The van der Waals surface area contributed by atoms with Crippen LogP contribution in [0.15, 0.2) is 47.4 Å². The molecule has 0 spiro atoms. The Morgan fingerprint density at radius 3 is 2.72 bits per heavy atom. The summed E-state index contributed by atoms with van der Waals surface area (Å²) in [5, 5.41) is 9.34. The molecule has 2 heterocycles. The summed E-state index contributed by atoms with van der Waals surface area (Å²) in [5.74, 6) is 0.942. The number of aromatic amines is 1. The standard InChI is InChI=1S/C24H32ClN5OS/c1-29-13-15-30(16-14-29)12-3-17-31-20-6-8-21(9-7-20)32-26-11-2-4-23-22-18-19(25)5-10-24(22)28-27-23/h5-10,18,26H,2-4,11-17H2,1H3,(H,27,28). The van der Waals surface area contributed by atoms with E-state index >= 15 is 0 Å². The molecule has 2 aromatic carbocycles. The van der Waals surface area contributed by atoms with Gasteiger partial charge in [-0.15, -0.1) is 0 Å². The number of benzene rings is 2. The van der Waals surface area contributed by atoms with E-state index in [-0.39, 0.29) is 0 Å². The second-order valence-corrected chi connectivity index (χ2v) is 9.68. The van der Waals surface area contributed by atoms with E-state index in [4.69, 9.17) is 16.3 Å². The molecule has 0 amide bonds. The van der Waals surface area contributed by atoms with Gasteiger partial charge in [-0.3, -0.25) is 9.82 Å². The Balaban J connectivity index is 1.10. The summed E-state index contributed by atoms with van der Waals surface area (Å²) in [5.41, 5.74) is 2.11. The lowest BCUT2D eigenvalue weighted by molar-refractivity contribution is 0.145. The van der Waals surface area contributed by atoms with Crippen molar-refractivity contribution in [2.75, 3.05) is 52.9 Å². The van der Waals surface area contributed by atoms with Crippen LogP contribution in [0.3, 0.4) is 0 Å². The number of ether oxygens (including phenoxy) is 1. The zero-order chi connectivity index (χ0) is 22.2. The minimum Gasteiger partial charge on any atom is -0.494 e. The smallest absolute Gasteiger partial charge is 0.119 e. The molecule has 4 rings (SSSR count). The van der Waals surface area contributed by atoms with Crippen molar-refractivity contribution >= 4 is 34.5 Å². The SMILES string of the molecule is CN1CCN(CCCOc2ccc(SNCCCc3[nH]nc4ccc(Cl)cc34)cc2)CC1. The Bertz CT molecular complexity index is 972. The Morgan fingerprint density at radius 2 is 1.91 bits per heavy atom. The minimum absolute atomic E-state index is 0.747. The molecular weight excluding hydrogens is 442 g/mol. The summed E-state index contributed by atoms with van der Waals surface area (Å²) < 4.78 is 9.36. The maximum atomic E-state index is 6.11. The number of aromatic nitrogens is 2. The van der Waals surface area contributed by atoms with Gasteiger partial charge in [0.1, 0.15) is 5.75 Å². The number of hydrogen-bond acceptors (Lipinski definition) is 6. The van der Waals surface area contributed by atoms with Crippen molar-refractivity contribution in [1.29, 1.82) is 0 Å². The van der Waals surface area contributed by atoms with Crippen LogP contribution in [0.25, 0.3) is 10.9 Å². The third kappa shape index (κ3) is 6.86. The number of halogens is 1. The Kier molecular flexibility index (Phi) is 8.70. The van der Waals surface area contributed by atoms with Crippen molar-refractivity contribution in [2.45, 2.75) is 24.2 Å². The number of nitrogens with one attached hydrogen (secondary N) is 2. The molecule has 0 saturated carbocycles. The van der Waals surface area contributed by atoms with E-state index in [1.165, 1.54) is 31.1 Å². The summed E-state index contributed by atoms with van der Waals surface area (Å²) in [4.78, 5) is 6.10. The van der Waals surface area contributed by atoms with Gasteiger partial charge in [0, 0.05) is 60.3 Å². The summed E-state index contributed by atoms with van der Waals surface area (Å²) in [6, 6.07) is 14.1. The molecule has 2 N–H and O–H groups in total. The van der Waals surface area contributed by atoms with Gasteiger partial charge in [0.15, 0.2) is 0 Å². The van der Waals surface area contributed by atoms with E-state index < -0.39 is 0 Å². The maximum Gasteiger partial charge on any atom is 0.119 e. The average molecular weight is 474 g/mol. The van der Waals surface area contributed by atoms with Gasteiger partial charge in [-0.2, -0.15) is 5.10 Å². The predicted molar refractivity (Wildman–Crippen MR) is 134 cm³/mol. The van der Waals surface area contributed by atoms with Crippen molar-refractivity contribution < 1.29 is 4.74 Å². The van der Waals surface area contributed by atoms with Crippen molar-refractivity contribution in [3.05, 3.63) is 53.2 Å². The number of H-pyrrole nitrogens is 1. The highest BCUT2D eigenvalue weighted by Crippen LogP contribution is 2.22. The molecule has 1 aromatic heterocycles. The number of nitrogens with zero attached hydrogens (tertiary/aromatic N) is 3. The van der Waals surface area contributed by atoms with E-state index in [0.29, 0.717) is 0 Å². The zero-order valence-electron chi connectivity index (χ0n) is 18.6. The molecule has 1 aliphatic heterocycles. The molecule has 3 aromatic rings. The number of piperazine rings is 1. The highest BCUT2D eigenvalue weighted by Gasteiger charge is 2.12. The Hall–Kier alpha value is -1.77. The topological polar surface area (TPSA) is 56.4 Å². The summed E-state index contributed by atoms with van der Waals surface area (Å²) in [7, 11) is 2.19. The van der Waals surface area contributed by atoms with E-state index in [0.717, 1.165) is 66.3 Å². The number of fused-ring (bicyclic) bond motifs is 1. The fraction of sp³-hybridized carbons (Fsp3) is 0.458. The van der Waals surface area contributed by atoms with Crippen LogP contribution in [0.5, 0.6) is 5.75 Å². The monoisotopic (exact) mass is 473 g/mol. The Labute approximate surface area is 199 Å². The van der Waals surface area contributed by atoms with Crippen molar-refractivity contribution in [2.24, 2.45) is 0 Å². The normalized spacial score (nSPS) is 15.4. The molecule has 1 aliphatic rings.